The molecule has 1 heterocycles. The highest BCUT2D eigenvalue weighted by Gasteiger charge is 2.13. The molecule has 0 aliphatic carbocycles. The Morgan fingerprint density at radius 1 is 1.00 bits per heavy atom. The molecular formula is C16H13Cl2N. The Morgan fingerprint density at radius 3 is 2.68 bits per heavy atom. The molecule has 0 radical (unpaired) electrons. The molecule has 96 valence electrons. The van der Waals surface area contributed by atoms with Crippen molar-refractivity contribution < 1.29 is 0 Å². The number of nitrogens with zero attached hydrogens (tertiary/aromatic N) is 1. The highest BCUT2D eigenvalue weighted by atomic mass is 35.5. The Morgan fingerprint density at radius 2 is 1.84 bits per heavy atom. The van der Waals surface area contributed by atoms with Gasteiger partial charge in [0.05, 0.1) is 0 Å². The van der Waals surface area contributed by atoms with Crippen LogP contribution in [0.25, 0.3) is 6.08 Å². The van der Waals surface area contributed by atoms with Crippen molar-refractivity contribution in [3.05, 3.63) is 69.7 Å². The van der Waals surface area contributed by atoms with Crippen LogP contribution in [-0.2, 0) is 6.54 Å². The SMILES string of the molecule is Clc1cccc(CN2CC=Cc3cc(Cl)ccc32)c1. The summed E-state index contributed by atoms with van der Waals surface area (Å²) in [4.78, 5) is 2.32. The number of hydrogen-bond acceptors (Lipinski definition) is 1. The summed E-state index contributed by atoms with van der Waals surface area (Å²) in [6, 6.07) is 14.0. The van der Waals surface area contributed by atoms with Crippen LogP contribution in [0, 0.1) is 0 Å². The molecule has 0 saturated carbocycles. The van der Waals surface area contributed by atoms with Crippen molar-refractivity contribution in [3.8, 4) is 0 Å². The van der Waals surface area contributed by atoms with E-state index in [4.69, 9.17) is 23.2 Å². The van der Waals surface area contributed by atoms with Gasteiger partial charge in [0.15, 0.2) is 0 Å². The van der Waals surface area contributed by atoms with Gasteiger partial charge in [-0.05, 0) is 41.5 Å². The van der Waals surface area contributed by atoms with Gasteiger partial charge in [-0.2, -0.15) is 0 Å². The van der Waals surface area contributed by atoms with Crippen molar-refractivity contribution in [3.63, 3.8) is 0 Å². The van der Waals surface area contributed by atoms with Gasteiger partial charge < -0.3 is 4.90 Å². The number of rotatable bonds is 2. The van der Waals surface area contributed by atoms with Crippen molar-refractivity contribution in [1.29, 1.82) is 0 Å². The molecule has 0 atom stereocenters. The molecule has 3 heteroatoms. The van der Waals surface area contributed by atoms with E-state index >= 15 is 0 Å². The molecule has 0 unspecified atom stereocenters. The third kappa shape index (κ3) is 2.78. The maximum Gasteiger partial charge on any atom is 0.0446 e. The first-order valence-electron chi connectivity index (χ1n) is 6.18. The molecule has 0 fully saturated rings. The Hall–Kier alpha value is -1.44. The number of anilines is 1. The van der Waals surface area contributed by atoms with E-state index in [1.807, 2.05) is 30.3 Å². The second-order valence-electron chi connectivity index (χ2n) is 4.62. The van der Waals surface area contributed by atoms with Gasteiger partial charge in [0.1, 0.15) is 0 Å². The minimum atomic E-state index is 0.771. The van der Waals surface area contributed by atoms with Crippen LogP contribution >= 0.6 is 23.2 Å². The molecule has 1 aliphatic heterocycles. The Balaban J connectivity index is 1.90. The topological polar surface area (TPSA) is 3.24 Å². The van der Waals surface area contributed by atoms with E-state index in [9.17, 15) is 0 Å². The second kappa shape index (κ2) is 5.28. The fraction of sp³-hybridized carbons (Fsp3) is 0.125. The van der Waals surface area contributed by atoms with E-state index in [0.717, 1.165) is 23.1 Å². The largest absolute Gasteiger partial charge is 0.363 e. The van der Waals surface area contributed by atoms with Crippen LogP contribution in [0.15, 0.2) is 48.5 Å². The molecule has 0 bridgehead atoms. The smallest absolute Gasteiger partial charge is 0.0446 e. The highest BCUT2D eigenvalue weighted by molar-refractivity contribution is 6.31. The number of fused-ring (bicyclic) bond motifs is 1. The summed E-state index contributed by atoms with van der Waals surface area (Å²) in [5, 5.41) is 1.55. The van der Waals surface area contributed by atoms with E-state index < -0.39 is 0 Å². The lowest BCUT2D eigenvalue weighted by Crippen LogP contribution is -2.25. The second-order valence-corrected chi connectivity index (χ2v) is 5.49. The van der Waals surface area contributed by atoms with Crippen LogP contribution in [0.1, 0.15) is 11.1 Å². The zero-order valence-electron chi connectivity index (χ0n) is 10.3. The molecule has 0 spiro atoms. The zero-order valence-corrected chi connectivity index (χ0v) is 11.8. The molecule has 1 nitrogen and oxygen atoms in total. The van der Waals surface area contributed by atoms with Gasteiger partial charge in [0, 0.05) is 28.8 Å². The third-order valence-corrected chi connectivity index (χ3v) is 3.69. The Kier molecular flexibility index (Phi) is 3.50. The fourth-order valence-electron chi connectivity index (χ4n) is 2.36. The van der Waals surface area contributed by atoms with Crippen molar-refractivity contribution in [2.24, 2.45) is 0 Å². The van der Waals surface area contributed by atoms with Gasteiger partial charge >= 0.3 is 0 Å². The van der Waals surface area contributed by atoms with Gasteiger partial charge in [-0.3, -0.25) is 0 Å². The summed E-state index contributed by atoms with van der Waals surface area (Å²) in [5.41, 5.74) is 3.59. The van der Waals surface area contributed by atoms with Crippen LogP contribution in [0.5, 0.6) is 0 Å². The predicted octanol–water partition coefficient (Wildman–Crippen LogP) is 5.03. The summed E-state index contributed by atoms with van der Waals surface area (Å²) in [5.74, 6) is 0. The normalized spacial score (nSPS) is 13.5. The molecule has 1 aliphatic rings. The molecule has 19 heavy (non-hydrogen) atoms. The van der Waals surface area contributed by atoms with E-state index in [1.165, 1.54) is 16.8 Å². The van der Waals surface area contributed by atoms with Gasteiger partial charge in [-0.25, -0.2) is 0 Å². The van der Waals surface area contributed by atoms with Gasteiger partial charge in [0.25, 0.3) is 0 Å². The molecule has 2 aromatic carbocycles. The summed E-state index contributed by atoms with van der Waals surface area (Å²) in [7, 11) is 0. The van der Waals surface area contributed by atoms with E-state index in [0.29, 0.717) is 0 Å². The average molecular weight is 290 g/mol. The van der Waals surface area contributed by atoms with Gasteiger partial charge in [-0.1, -0.05) is 47.5 Å². The Bertz CT molecular complexity index is 634. The number of hydrogen-bond donors (Lipinski definition) is 0. The van der Waals surface area contributed by atoms with E-state index in [1.54, 1.807) is 0 Å². The van der Waals surface area contributed by atoms with Gasteiger partial charge in [0.2, 0.25) is 0 Å². The van der Waals surface area contributed by atoms with Crippen LogP contribution in [-0.4, -0.2) is 6.54 Å². The first-order valence-corrected chi connectivity index (χ1v) is 6.93. The fourth-order valence-corrected chi connectivity index (χ4v) is 2.75. The maximum absolute atomic E-state index is 6.04. The van der Waals surface area contributed by atoms with Crippen molar-refractivity contribution in [2.45, 2.75) is 6.54 Å². The molecule has 0 aromatic heterocycles. The standard InChI is InChI=1S/C16H13Cl2N/c17-14-5-1-3-12(9-14)11-19-8-2-4-13-10-15(18)6-7-16(13)19/h1-7,9-10H,8,11H2. The van der Waals surface area contributed by atoms with Gasteiger partial charge in [-0.15, -0.1) is 0 Å². The van der Waals surface area contributed by atoms with Crippen molar-refractivity contribution in [1.82, 2.24) is 0 Å². The maximum atomic E-state index is 6.04. The molecule has 0 amide bonds. The van der Waals surface area contributed by atoms with Crippen LogP contribution < -0.4 is 4.90 Å². The van der Waals surface area contributed by atoms with E-state index in [-0.39, 0.29) is 0 Å². The molecular weight excluding hydrogens is 277 g/mol. The predicted molar refractivity (Wildman–Crippen MR) is 83.0 cm³/mol. The lowest BCUT2D eigenvalue weighted by atomic mass is 10.1. The van der Waals surface area contributed by atoms with Crippen molar-refractivity contribution >= 4 is 35.0 Å². The highest BCUT2D eigenvalue weighted by Crippen LogP contribution is 2.29. The first-order chi connectivity index (χ1) is 9.22. The monoisotopic (exact) mass is 289 g/mol. The summed E-state index contributed by atoms with van der Waals surface area (Å²) in [6.45, 7) is 1.75. The summed E-state index contributed by atoms with van der Waals surface area (Å²) < 4.78 is 0. The quantitative estimate of drug-likeness (QED) is 0.750. The molecule has 0 saturated heterocycles. The van der Waals surface area contributed by atoms with Crippen LogP contribution in [0.3, 0.4) is 0 Å². The molecule has 0 N–H and O–H groups in total. The summed E-state index contributed by atoms with van der Waals surface area (Å²) >= 11 is 12.1. The third-order valence-electron chi connectivity index (χ3n) is 3.22. The zero-order chi connectivity index (χ0) is 13.2. The minimum Gasteiger partial charge on any atom is -0.363 e. The Labute approximate surface area is 123 Å². The minimum absolute atomic E-state index is 0.771. The average Bonchev–Trinajstić information content (AvgIpc) is 2.38. The van der Waals surface area contributed by atoms with Crippen LogP contribution in [0.4, 0.5) is 5.69 Å². The van der Waals surface area contributed by atoms with E-state index in [2.05, 4.69) is 29.2 Å². The van der Waals surface area contributed by atoms with Crippen LogP contribution in [0.2, 0.25) is 10.0 Å². The van der Waals surface area contributed by atoms with Crippen molar-refractivity contribution in [2.75, 3.05) is 11.4 Å². The summed E-state index contributed by atoms with van der Waals surface area (Å²) in [6.07, 6.45) is 4.28. The lowest BCUT2D eigenvalue weighted by Gasteiger charge is -2.28. The lowest BCUT2D eigenvalue weighted by molar-refractivity contribution is 0.861. The molecule has 3 rings (SSSR count). The number of halogens is 2. The molecule has 2 aromatic rings. The first kappa shape index (κ1) is 12.6. The number of benzene rings is 2.